The van der Waals surface area contributed by atoms with E-state index >= 15 is 0 Å². The Labute approximate surface area is 178 Å². The Balaban J connectivity index is 1.70. The van der Waals surface area contributed by atoms with E-state index in [1.54, 1.807) is 37.4 Å². The summed E-state index contributed by atoms with van der Waals surface area (Å²) < 4.78 is 28.8. The number of hydrogen-bond acceptors (Lipinski definition) is 7. The largest absolute Gasteiger partial charge is 0.497 e. The van der Waals surface area contributed by atoms with Crippen molar-refractivity contribution < 1.29 is 33.6 Å². The first-order valence-corrected chi connectivity index (χ1v) is 9.76. The first kappa shape index (κ1) is 20.4. The minimum absolute atomic E-state index is 0.0355. The van der Waals surface area contributed by atoms with Gasteiger partial charge < -0.3 is 28.8 Å². The van der Waals surface area contributed by atoms with Crippen molar-refractivity contribution in [2.75, 3.05) is 20.5 Å². The molecule has 9 heteroatoms. The molecule has 31 heavy (non-hydrogen) atoms. The summed E-state index contributed by atoms with van der Waals surface area (Å²) in [4.78, 5) is 12.1. The van der Waals surface area contributed by atoms with E-state index in [0.29, 0.717) is 29.6 Å². The van der Waals surface area contributed by atoms with E-state index in [2.05, 4.69) is 5.10 Å². The maximum absolute atomic E-state index is 12.1. The average molecular weight is 426 g/mol. The first-order valence-electron chi connectivity index (χ1n) is 9.76. The smallest absolute Gasteiger partial charge is 0.358 e. The van der Waals surface area contributed by atoms with Crippen molar-refractivity contribution in [2.45, 2.75) is 19.9 Å². The lowest BCUT2D eigenvalue weighted by atomic mass is 10.2. The zero-order valence-corrected chi connectivity index (χ0v) is 17.2. The molecule has 0 amide bonds. The highest BCUT2D eigenvalue weighted by atomic mass is 16.7. The molecule has 1 aliphatic rings. The minimum Gasteiger partial charge on any atom is -0.497 e. The zero-order valence-electron chi connectivity index (χ0n) is 17.2. The third-order valence-electron chi connectivity index (χ3n) is 4.58. The number of carboxylic acids is 1. The van der Waals surface area contributed by atoms with Gasteiger partial charge in [-0.15, -0.1) is 5.10 Å². The van der Waals surface area contributed by atoms with Crippen LogP contribution < -0.4 is 23.7 Å². The molecule has 1 aliphatic heterocycles. The van der Waals surface area contributed by atoms with Gasteiger partial charge in [0.2, 0.25) is 12.5 Å². The van der Waals surface area contributed by atoms with Gasteiger partial charge in [-0.25, -0.2) is 9.48 Å². The predicted molar refractivity (Wildman–Crippen MR) is 110 cm³/mol. The molecule has 0 saturated carbocycles. The summed E-state index contributed by atoms with van der Waals surface area (Å²) in [6.45, 7) is 2.67. The van der Waals surface area contributed by atoms with Crippen molar-refractivity contribution in [3.05, 3.63) is 53.7 Å². The van der Waals surface area contributed by atoms with Crippen molar-refractivity contribution in [3.8, 4) is 34.6 Å². The van der Waals surface area contributed by atoms with E-state index in [1.165, 1.54) is 4.68 Å². The maximum atomic E-state index is 12.1. The van der Waals surface area contributed by atoms with Crippen LogP contribution in [0.3, 0.4) is 0 Å². The normalized spacial score (nSPS) is 11.9. The summed E-state index contributed by atoms with van der Waals surface area (Å²) in [6.07, 6.45) is 0.733. The van der Waals surface area contributed by atoms with Crippen molar-refractivity contribution in [1.82, 2.24) is 9.78 Å². The van der Waals surface area contributed by atoms with Crippen LogP contribution in [0.2, 0.25) is 0 Å². The van der Waals surface area contributed by atoms with Crippen LogP contribution in [0.1, 0.15) is 29.4 Å². The summed E-state index contributed by atoms with van der Waals surface area (Å²) >= 11 is 0. The Morgan fingerprint density at radius 2 is 1.87 bits per heavy atom. The van der Waals surface area contributed by atoms with Gasteiger partial charge >= 0.3 is 5.97 Å². The molecule has 4 rings (SSSR count). The number of benzene rings is 2. The molecule has 1 N–H and O–H groups in total. The van der Waals surface area contributed by atoms with Crippen molar-refractivity contribution >= 4 is 5.97 Å². The fraction of sp³-hybridized carbons (Fsp3) is 0.273. The minimum atomic E-state index is -1.18. The molecular weight excluding hydrogens is 404 g/mol. The molecule has 0 spiro atoms. The molecule has 1 aromatic heterocycles. The maximum Gasteiger partial charge on any atom is 0.358 e. The van der Waals surface area contributed by atoms with E-state index in [0.717, 1.165) is 12.0 Å². The van der Waals surface area contributed by atoms with E-state index in [4.69, 9.17) is 23.7 Å². The lowest BCUT2D eigenvalue weighted by Crippen LogP contribution is -2.11. The van der Waals surface area contributed by atoms with Crippen molar-refractivity contribution in [1.29, 1.82) is 0 Å². The molecule has 0 bridgehead atoms. The number of carboxylic acid groups (broad SMARTS) is 1. The highest BCUT2D eigenvalue weighted by Crippen LogP contribution is 2.40. The van der Waals surface area contributed by atoms with Crippen LogP contribution in [-0.2, 0) is 6.54 Å². The third-order valence-corrected chi connectivity index (χ3v) is 4.58. The van der Waals surface area contributed by atoms with Gasteiger partial charge in [0.05, 0.1) is 20.3 Å². The molecule has 0 aliphatic carbocycles. The van der Waals surface area contributed by atoms with Crippen molar-refractivity contribution in [3.63, 3.8) is 0 Å². The molecule has 0 unspecified atom stereocenters. The summed E-state index contributed by atoms with van der Waals surface area (Å²) in [5, 5.41) is 14.3. The Morgan fingerprint density at radius 1 is 1.13 bits per heavy atom. The second kappa shape index (κ2) is 8.86. The molecule has 9 nitrogen and oxygen atoms in total. The SMILES string of the molecule is CCCOc1nn(Cc2ccc(OC)cc2)c(C(=O)O)c1Oc1ccc2c(c1)OCO2. The number of ether oxygens (including phenoxy) is 5. The van der Waals surface area contributed by atoms with Gasteiger partial charge in [0, 0.05) is 6.07 Å². The fourth-order valence-corrected chi connectivity index (χ4v) is 3.09. The molecule has 2 aromatic carbocycles. The summed E-state index contributed by atoms with van der Waals surface area (Å²) in [5.74, 6) is 1.19. The lowest BCUT2D eigenvalue weighted by Gasteiger charge is -2.09. The van der Waals surface area contributed by atoms with Crippen LogP contribution in [-0.4, -0.2) is 41.4 Å². The van der Waals surface area contributed by atoms with Crippen LogP contribution >= 0.6 is 0 Å². The summed E-state index contributed by atoms with van der Waals surface area (Å²) in [6, 6.07) is 12.3. The number of nitrogens with zero attached hydrogens (tertiary/aromatic N) is 2. The number of hydrogen-bond donors (Lipinski definition) is 1. The molecule has 0 atom stereocenters. The van der Waals surface area contributed by atoms with E-state index in [1.807, 2.05) is 19.1 Å². The van der Waals surface area contributed by atoms with Crippen LogP contribution in [0.5, 0.6) is 34.6 Å². The van der Waals surface area contributed by atoms with Crippen LogP contribution in [0.15, 0.2) is 42.5 Å². The van der Waals surface area contributed by atoms with Gasteiger partial charge in [-0.1, -0.05) is 19.1 Å². The topological polar surface area (TPSA) is 101 Å². The molecule has 3 aromatic rings. The molecule has 2 heterocycles. The van der Waals surface area contributed by atoms with Gasteiger partial charge in [0.25, 0.3) is 5.88 Å². The lowest BCUT2D eigenvalue weighted by molar-refractivity contribution is 0.0681. The Kier molecular flexibility index (Phi) is 5.83. The Morgan fingerprint density at radius 3 is 2.58 bits per heavy atom. The highest BCUT2D eigenvalue weighted by Gasteiger charge is 2.27. The van der Waals surface area contributed by atoms with Gasteiger partial charge in [0.1, 0.15) is 11.5 Å². The van der Waals surface area contributed by atoms with Gasteiger partial charge in [-0.3, -0.25) is 0 Å². The van der Waals surface area contributed by atoms with E-state index in [9.17, 15) is 9.90 Å². The monoisotopic (exact) mass is 426 g/mol. The number of fused-ring (bicyclic) bond motifs is 1. The third kappa shape index (κ3) is 4.35. The van der Waals surface area contributed by atoms with E-state index < -0.39 is 5.97 Å². The zero-order chi connectivity index (χ0) is 21.8. The first-order chi connectivity index (χ1) is 15.1. The van der Waals surface area contributed by atoms with Crippen LogP contribution in [0.4, 0.5) is 0 Å². The molecule has 0 radical (unpaired) electrons. The number of carbonyl (C=O) groups is 1. The molecule has 0 saturated heterocycles. The summed E-state index contributed by atoms with van der Waals surface area (Å²) in [7, 11) is 1.59. The Bertz CT molecular complexity index is 1080. The summed E-state index contributed by atoms with van der Waals surface area (Å²) in [5.41, 5.74) is 0.738. The molecule has 0 fully saturated rings. The quantitative estimate of drug-likeness (QED) is 0.549. The van der Waals surface area contributed by atoms with Crippen LogP contribution in [0.25, 0.3) is 0 Å². The van der Waals surface area contributed by atoms with Crippen molar-refractivity contribution in [2.24, 2.45) is 0 Å². The highest BCUT2D eigenvalue weighted by molar-refractivity contribution is 5.90. The van der Waals surface area contributed by atoms with E-state index in [-0.39, 0.29) is 30.7 Å². The van der Waals surface area contributed by atoms with Gasteiger partial charge in [0.15, 0.2) is 17.2 Å². The number of aromatic carboxylic acids is 1. The van der Waals surface area contributed by atoms with Gasteiger partial charge in [-0.05, 0) is 36.2 Å². The average Bonchev–Trinajstić information content (AvgIpc) is 3.37. The number of methoxy groups -OCH3 is 1. The molecule has 162 valence electrons. The Hall–Kier alpha value is -3.88. The second-order valence-corrected chi connectivity index (χ2v) is 6.76. The second-order valence-electron chi connectivity index (χ2n) is 6.76. The predicted octanol–water partition coefficient (Wildman–Crippen LogP) is 3.95. The molecular formula is C22H22N2O7. The standard InChI is InChI=1S/C22H22N2O7/c1-3-10-28-21-20(31-16-8-9-17-18(11-16)30-13-29-17)19(22(25)26)24(23-21)12-14-4-6-15(27-2)7-5-14/h4-9,11H,3,10,12-13H2,1-2H3,(H,25,26). The fourth-order valence-electron chi connectivity index (χ4n) is 3.09. The number of rotatable bonds is 9. The number of aromatic nitrogens is 2. The van der Waals surface area contributed by atoms with Gasteiger partial charge in [-0.2, -0.15) is 0 Å². The van der Waals surface area contributed by atoms with Crippen LogP contribution in [0, 0.1) is 0 Å².